The first-order chi connectivity index (χ1) is 4.11. The molecular weight excluding hydrogens is 133 g/mol. The van der Waals surface area contributed by atoms with Gasteiger partial charge in [-0.2, -0.15) is 18.3 Å². The van der Waals surface area contributed by atoms with Crippen molar-refractivity contribution in [2.45, 2.75) is 12.2 Å². The molecule has 9 heavy (non-hydrogen) atoms. The number of hydrogen-bond donors (Lipinski definition) is 1. The van der Waals surface area contributed by atoms with Crippen LogP contribution >= 0.6 is 0 Å². The summed E-state index contributed by atoms with van der Waals surface area (Å²) in [5.74, 6) is 0. The van der Waals surface area contributed by atoms with Crippen molar-refractivity contribution in [2.24, 2.45) is 5.10 Å². The van der Waals surface area contributed by atoms with Crippen molar-refractivity contribution < 1.29 is 13.2 Å². The number of rotatable bonds is 0. The summed E-state index contributed by atoms with van der Waals surface area (Å²) >= 11 is 0. The molecule has 5 heteroatoms. The number of alkyl halides is 3. The van der Waals surface area contributed by atoms with Crippen LogP contribution in [0.4, 0.5) is 13.2 Å². The molecule has 0 amide bonds. The standard InChI is InChI=1S/C4H4F3N2/c5-4(6,7)3-1-2-8-9-3/h1-3,9H. The van der Waals surface area contributed by atoms with Crippen LogP contribution in [-0.2, 0) is 0 Å². The minimum Gasteiger partial charge on any atom is -0.297 e. The summed E-state index contributed by atoms with van der Waals surface area (Å²) in [7, 11) is 0. The molecule has 0 spiro atoms. The highest BCUT2D eigenvalue weighted by atomic mass is 19.4. The molecule has 1 aliphatic rings. The van der Waals surface area contributed by atoms with Crippen LogP contribution in [0.1, 0.15) is 0 Å². The van der Waals surface area contributed by atoms with Crippen LogP contribution in [0.3, 0.4) is 0 Å². The summed E-state index contributed by atoms with van der Waals surface area (Å²) in [5.41, 5.74) is 1.89. The second-order valence-corrected chi connectivity index (χ2v) is 1.62. The normalized spacial score (nSPS) is 26.3. The van der Waals surface area contributed by atoms with Crippen LogP contribution in [0.5, 0.6) is 0 Å². The average molecular weight is 137 g/mol. The van der Waals surface area contributed by atoms with Crippen molar-refractivity contribution >= 4 is 6.21 Å². The van der Waals surface area contributed by atoms with Gasteiger partial charge in [-0.25, -0.2) is 0 Å². The lowest BCUT2D eigenvalue weighted by atomic mass is 10.2. The Morgan fingerprint density at radius 2 is 2.11 bits per heavy atom. The van der Waals surface area contributed by atoms with Gasteiger partial charge in [0.15, 0.2) is 0 Å². The third-order valence-corrected chi connectivity index (χ3v) is 0.919. The van der Waals surface area contributed by atoms with E-state index in [4.69, 9.17) is 0 Å². The lowest BCUT2D eigenvalue weighted by Crippen LogP contribution is -2.36. The molecule has 0 aliphatic carbocycles. The van der Waals surface area contributed by atoms with Crippen LogP contribution in [0, 0.1) is 6.42 Å². The first-order valence-corrected chi connectivity index (χ1v) is 2.29. The molecule has 2 nitrogen and oxygen atoms in total. The van der Waals surface area contributed by atoms with Gasteiger partial charge in [-0.15, -0.1) is 0 Å². The molecule has 0 aromatic heterocycles. The molecule has 0 fully saturated rings. The minimum atomic E-state index is -4.21. The Morgan fingerprint density at radius 3 is 2.33 bits per heavy atom. The molecule has 0 aromatic rings. The molecule has 51 valence electrons. The van der Waals surface area contributed by atoms with Crippen molar-refractivity contribution in [3.8, 4) is 0 Å². The first-order valence-electron chi connectivity index (χ1n) is 2.29. The van der Waals surface area contributed by atoms with Gasteiger partial charge in [0.25, 0.3) is 0 Å². The summed E-state index contributed by atoms with van der Waals surface area (Å²) in [6.45, 7) is 0. The monoisotopic (exact) mass is 137 g/mol. The third kappa shape index (κ3) is 1.34. The molecular formula is C4H4F3N2. The fraction of sp³-hybridized carbons (Fsp3) is 0.500. The Morgan fingerprint density at radius 1 is 1.44 bits per heavy atom. The minimum absolute atomic E-state index is 0.958. The Labute approximate surface area is 49.7 Å². The molecule has 1 radical (unpaired) electrons. The van der Waals surface area contributed by atoms with Crippen LogP contribution < -0.4 is 5.43 Å². The number of hydrazone groups is 1. The van der Waals surface area contributed by atoms with Gasteiger partial charge in [-0.3, -0.25) is 5.43 Å². The summed E-state index contributed by atoms with van der Waals surface area (Å²) < 4.78 is 34.8. The molecule has 1 heterocycles. The van der Waals surface area contributed by atoms with E-state index in [0.717, 1.165) is 12.6 Å². The van der Waals surface area contributed by atoms with Gasteiger partial charge in [0.05, 0.1) is 0 Å². The fourth-order valence-corrected chi connectivity index (χ4v) is 0.478. The van der Waals surface area contributed by atoms with Gasteiger partial charge in [0.1, 0.15) is 6.04 Å². The summed E-state index contributed by atoms with van der Waals surface area (Å²) in [5, 5.41) is 3.18. The van der Waals surface area contributed by atoms with Crippen molar-refractivity contribution in [1.82, 2.24) is 5.43 Å². The van der Waals surface area contributed by atoms with Gasteiger partial charge in [0, 0.05) is 12.6 Å². The molecule has 1 unspecified atom stereocenters. The Bertz CT molecular complexity index is 120. The maximum absolute atomic E-state index is 11.6. The summed E-state index contributed by atoms with van der Waals surface area (Å²) in [4.78, 5) is 0. The maximum atomic E-state index is 11.6. The SMILES string of the molecule is FC(F)(F)C1[CH]C=NN1. The van der Waals surface area contributed by atoms with E-state index in [0.29, 0.717) is 0 Å². The Hall–Kier alpha value is -0.740. The largest absolute Gasteiger partial charge is 0.410 e. The van der Waals surface area contributed by atoms with E-state index >= 15 is 0 Å². The quantitative estimate of drug-likeness (QED) is 0.522. The summed E-state index contributed by atoms with van der Waals surface area (Å²) in [6.07, 6.45) is -2.16. The zero-order valence-corrected chi connectivity index (χ0v) is 4.31. The summed E-state index contributed by atoms with van der Waals surface area (Å²) in [6, 6.07) is -1.59. The highest BCUT2D eigenvalue weighted by Crippen LogP contribution is 2.22. The second-order valence-electron chi connectivity index (χ2n) is 1.62. The zero-order chi connectivity index (χ0) is 6.91. The van der Waals surface area contributed by atoms with Gasteiger partial charge in [-0.05, 0) is 0 Å². The van der Waals surface area contributed by atoms with Gasteiger partial charge in [0.2, 0.25) is 0 Å². The topological polar surface area (TPSA) is 24.4 Å². The molecule has 0 aromatic carbocycles. The van der Waals surface area contributed by atoms with Gasteiger partial charge >= 0.3 is 6.18 Å². The lowest BCUT2D eigenvalue weighted by Gasteiger charge is -2.12. The zero-order valence-electron chi connectivity index (χ0n) is 4.31. The predicted molar refractivity (Wildman–Crippen MR) is 25.8 cm³/mol. The molecule has 1 atom stereocenters. The van der Waals surface area contributed by atoms with Crippen LogP contribution in [-0.4, -0.2) is 18.4 Å². The molecule has 1 aliphatic heterocycles. The number of hydrogen-bond acceptors (Lipinski definition) is 2. The van der Waals surface area contributed by atoms with Crippen LogP contribution in [0.2, 0.25) is 0 Å². The second kappa shape index (κ2) is 1.89. The van der Waals surface area contributed by atoms with Crippen molar-refractivity contribution in [1.29, 1.82) is 0 Å². The highest BCUT2D eigenvalue weighted by molar-refractivity contribution is 5.70. The van der Waals surface area contributed by atoms with E-state index in [1.807, 2.05) is 5.43 Å². The van der Waals surface area contributed by atoms with E-state index in [2.05, 4.69) is 5.10 Å². The van der Waals surface area contributed by atoms with Crippen LogP contribution in [0.25, 0.3) is 0 Å². The fourth-order valence-electron chi connectivity index (χ4n) is 0.478. The van der Waals surface area contributed by atoms with E-state index in [9.17, 15) is 13.2 Å². The first kappa shape index (κ1) is 6.38. The smallest absolute Gasteiger partial charge is 0.297 e. The molecule has 0 saturated carbocycles. The third-order valence-electron chi connectivity index (χ3n) is 0.919. The molecule has 1 rings (SSSR count). The molecule has 0 bridgehead atoms. The Balaban J connectivity index is 2.46. The lowest BCUT2D eigenvalue weighted by molar-refractivity contribution is -0.145. The van der Waals surface area contributed by atoms with E-state index in [-0.39, 0.29) is 0 Å². The van der Waals surface area contributed by atoms with Gasteiger partial charge in [-0.1, -0.05) is 0 Å². The number of halogens is 3. The van der Waals surface area contributed by atoms with E-state index < -0.39 is 12.2 Å². The van der Waals surface area contributed by atoms with E-state index in [1.165, 1.54) is 0 Å². The Kier molecular flexibility index (Phi) is 1.34. The highest BCUT2D eigenvalue weighted by Gasteiger charge is 2.40. The number of nitrogens with one attached hydrogen (secondary N) is 1. The van der Waals surface area contributed by atoms with Crippen molar-refractivity contribution in [2.75, 3.05) is 0 Å². The van der Waals surface area contributed by atoms with Crippen molar-refractivity contribution in [3.05, 3.63) is 6.42 Å². The predicted octanol–water partition coefficient (Wildman–Crippen LogP) is 0.711. The van der Waals surface area contributed by atoms with Gasteiger partial charge < -0.3 is 0 Å². The molecule has 1 N–H and O–H groups in total. The molecule has 0 saturated heterocycles. The number of nitrogens with zero attached hydrogens (tertiary/aromatic N) is 1. The van der Waals surface area contributed by atoms with Crippen molar-refractivity contribution in [3.63, 3.8) is 0 Å². The van der Waals surface area contributed by atoms with Crippen LogP contribution in [0.15, 0.2) is 5.10 Å². The average Bonchev–Trinajstić information content (AvgIpc) is 2.08. The van der Waals surface area contributed by atoms with E-state index in [1.54, 1.807) is 0 Å². The maximum Gasteiger partial charge on any atom is 0.410 e.